The van der Waals surface area contributed by atoms with Gasteiger partial charge in [0.15, 0.2) is 0 Å². The Hall–Kier alpha value is -1.96. The first-order valence-corrected chi connectivity index (χ1v) is 4.61. The van der Waals surface area contributed by atoms with E-state index in [4.69, 9.17) is 9.84 Å². The largest absolute Gasteiger partial charge is 0.508 e. The van der Waals surface area contributed by atoms with Crippen LogP contribution in [0.4, 0.5) is 0 Å². The lowest BCUT2D eigenvalue weighted by Gasteiger charge is -2.05. The van der Waals surface area contributed by atoms with Crippen molar-refractivity contribution in [2.75, 3.05) is 0 Å². The lowest BCUT2D eigenvalue weighted by molar-refractivity contribution is 0.211. The van der Waals surface area contributed by atoms with Gasteiger partial charge in [0.25, 0.3) is 0 Å². The van der Waals surface area contributed by atoms with Crippen molar-refractivity contribution in [3.05, 3.63) is 72.7 Å². The molecule has 2 heteroatoms. The molecule has 0 bridgehead atoms. The van der Waals surface area contributed by atoms with Crippen LogP contribution in [-0.4, -0.2) is 5.11 Å². The fourth-order valence-electron chi connectivity index (χ4n) is 1.02. The van der Waals surface area contributed by atoms with Crippen LogP contribution < -0.4 is 0 Å². The first-order chi connectivity index (χ1) is 7.22. The van der Waals surface area contributed by atoms with Gasteiger partial charge in [-0.25, -0.2) is 0 Å². The highest BCUT2D eigenvalue weighted by Gasteiger charge is 1.94. The summed E-state index contributed by atoms with van der Waals surface area (Å²) in [6.45, 7) is 7.51. The van der Waals surface area contributed by atoms with Crippen molar-refractivity contribution >= 4 is 0 Å². The Balaban J connectivity index is 2.45. The lowest BCUT2D eigenvalue weighted by atomic mass is 10.2. The van der Waals surface area contributed by atoms with E-state index in [2.05, 4.69) is 13.2 Å². The van der Waals surface area contributed by atoms with E-state index >= 15 is 0 Å². The van der Waals surface area contributed by atoms with Gasteiger partial charge in [-0.1, -0.05) is 43.5 Å². The highest BCUT2D eigenvalue weighted by Crippen LogP contribution is 2.06. The minimum absolute atomic E-state index is 0.0491. The molecule has 0 saturated heterocycles. The van der Waals surface area contributed by atoms with Gasteiger partial charge >= 0.3 is 0 Å². The van der Waals surface area contributed by atoms with E-state index in [1.807, 2.05) is 30.3 Å². The minimum Gasteiger partial charge on any atom is -0.508 e. The summed E-state index contributed by atoms with van der Waals surface area (Å²) in [6.07, 6.45) is 2.76. The summed E-state index contributed by atoms with van der Waals surface area (Å²) in [5, 5.41) is 9.13. The van der Waals surface area contributed by atoms with Crippen molar-refractivity contribution in [1.29, 1.82) is 0 Å². The third kappa shape index (κ3) is 4.18. The number of ether oxygens (including phenoxy) is 1. The van der Waals surface area contributed by atoms with Crippen LogP contribution in [0.15, 0.2) is 67.2 Å². The summed E-state index contributed by atoms with van der Waals surface area (Å²) < 4.78 is 5.32. The zero-order valence-corrected chi connectivity index (χ0v) is 8.52. The monoisotopic (exact) mass is 202 g/mol. The molecule has 0 radical (unpaired) electrons. The molecule has 1 N–H and O–H groups in total. The first kappa shape index (κ1) is 11.1. The van der Waals surface area contributed by atoms with Crippen molar-refractivity contribution < 1.29 is 9.84 Å². The van der Waals surface area contributed by atoms with Crippen molar-refractivity contribution in [2.45, 2.75) is 6.61 Å². The van der Waals surface area contributed by atoms with E-state index < -0.39 is 0 Å². The van der Waals surface area contributed by atoms with E-state index in [0.29, 0.717) is 12.4 Å². The number of hydrogen-bond acceptors (Lipinski definition) is 2. The van der Waals surface area contributed by atoms with Crippen molar-refractivity contribution in [3.8, 4) is 0 Å². The molecule has 0 unspecified atom stereocenters. The van der Waals surface area contributed by atoms with Crippen LogP contribution in [0, 0.1) is 0 Å². The maximum Gasteiger partial charge on any atom is 0.118 e. The number of hydrogen-bond donors (Lipinski definition) is 1. The highest BCUT2D eigenvalue weighted by atomic mass is 16.5. The SMILES string of the molecule is C=C/C(O)=C\C(=C)OCc1ccccc1. The Morgan fingerprint density at radius 1 is 1.33 bits per heavy atom. The number of benzene rings is 1. The van der Waals surface area contributed by atoms with Gasteiger partial charge in [0, 0.05) is 6.08 Å². The Morgan fingerprint density at radius 2 is 2.00 bits per heavy atom. The quantitative estimate of drug-likeness (QED) is 0.586. The summed E-state index contributed by atoms with van der Waals surface area (Å²) in [4.78, 5) is 0. The Bertz CT molecular complexity index is 363. The third-order valence-corrected chi connectivity index (χ3v) is 1.79. The number of aliphatic hydroxyl groups is 1. The van der Waals surface area contributed by atoms with Crippen LogP contribution in [0.5, 0.6) is 0 Å². The average molecular weight is 202 g/mol. The van der Waals surface area contributed by atoms with Crippen molar-refractivity contribution in [3.63, 3.8) is 0 Å². The summed E-state index contributed by atoms with van der Waals surface area (Å²) in [7, 11) is 0. The molecule has 0 spiro atoms. The molecule has 0 aromatic heterocycles. The van der Waals surface area contributed by atoms with Gasteiger partial charge in [-0.05, 0) is 11.6 Å². The third-order valence-electron chi connectivity index (χ3n) is 1.79. The van der Waals surface area contributed by atoms with E-state index in [-0.39, 0.29) is 5.76 Å². The molecule has 1 aromatic rings. The number of rotatable bonds is 5. The topological polar surface area (TPSA) is 29.5 Å². The summed E-state index contributed by atoms with van der Waals surface area (Å²) in [6, 6.07) is 9.76. The second kappa shape index (κ2) is 5.70. The smallest absolute Gasteiger partial charge is 0.118 e. The van der Waals surface area contributed by atoms with Gasteiger partial charge < -0.3 is 9.84 Å². The normalized spacial score (nSPS) is 10.8. The van der Waals surface area contributed by atoms with Gasteiger partial charge in [-0.2, -0.15) is 0 Å². The Labute approximate surface area is 89.8 Å². The predicted molar refractivity (Wildman–Crippen MR) is 61.3 cm³/mol. The zero-order chi connectivity index (χ0) is 11.1. The molecule has 0 saturated carbocycles. The molecule has 0 atom stereocenters. The molecule has 2 nitrogen and oxygen atoms in total. The van der Waals surface area contributed by atoms with Gasteiger partial charge in [0.05, 0.1) is 0 Å². The van der Waals surface area contributed by atoms with Crippen molar-refractivity contribution in [2.24, 2.45) is 0 Å². The highest BCUT2D eigenvalue weighted by molar-refractivity contribution is 5.19. The van der Waals surface area contributed by atoms with Crippen LogP contribution in [0.2, 0.25) is 0 Å². The lowest BCUT2D eigenvalue weighted by Crippen LogP contribution is -1.91. The molecule has 0 aliphatic rings. The van der Waals surface area contributed by atoms with Gasteiger partial charge in [0.1, 0.15) is 18.1 Å². The molecular formula is C13H14O2. The second-order valence-electron chi connectivity index (χ2n) is 3.01. The number of allylic oxidation sites excluding steroid dienone is 2. The summed E-state index contributed by atoms with van der Waals surface area (Å²) >= 11 is 0. The fraction of sp³-hybridized carbons (Fsp3) is 0.0769. The van der Waals surface area contributed by atoms with E-state index in [1.165, 1.54) is 12.2 Å². The Morgan fingerprint density at radius 3 is 2.60 bits per heavy atom. The molecular weight excluding hydrogens is 188 g/mol. The van der Waals surface area contributed by atoms with E-state index in [0.717, 1.165) is 5.56 Å². The summed E-state index contributed by atoms with van der Waals surface area (Å²) in [5.74, 6) is 0.462. The van der Waals surface area contributed by atoms with Gasteiger partial charge in [-0.15, -0.1) is 0 Å². The van der Waals surface area contributed by atoms with Gasteiger partial charge in [-0.3, -0.25) is 0 Å². The standard InChI is InChI=1S/C13H14O2/c1-3-13(14)9-11(2)15-10-12-7-5-4-6-8-12/h3-9,14H,1-2,10H2/b13-9+. The zero-order valence-electron chi connectivity index (χ0n) is 8.52. The fourth-order valence-corrected chi connectivity index (χ4v) is 1.02. The summed E-state index contributed by atoms with van der Waals surface area (Å²) in [5.41, 5.74) is 1.06. The second-order valence-corrected chi connectivity index (χ2v) is 3.01. The molecule has 1 aromatic carbocycles. The van der Waals surface area contributed by atoms with Gasteiger partial charge in [0.2, 0.25) is 0 Å². The molecule has 15 heavy (non-hydrogen) atoms. The molecule has 78 valence electrons. The molecule has 1 rings (SSSR count). The average Bonchev–Trinajstić information content (AvgIpc) is 2.27. The predicted octanol–water partition coefficient (Wildman–Crippen LogP) is 3.34. The minimum atomic E-state index is 0.0491. The maximum atomic E-state index is 9.13. The van der Waals surface area contributed by atoms with Crippen LogP contribution in [0.25, 0.3) is 0 Å². The maximum absolute atomic E-state index is 9.13. The van der Waals surface area contributed by atoms with Crippen LogP contribution in [-0.2, 0) is 11.3 Å². The molecule has 0 fully saturated rings. The first-order valence-electron chi connectivity index (χ1n) is 4.61. The Kier molecular flexibility index (Phi) is 4.23. The van der Waals surface area contributed by atoms with E-state index in [1.54, 1.807) is 0 Å². The van der Waals surface area contributed by atoms with Crippen LogP contribution >= 0.6 is 0 Å². The van der Waals surface area contributed by atoms with Crippen LogP contribution in [0.3, 0.4) is 0 Å². The molecule has 0 heterocycles. The molecule has 0 amide bonds. The van der Waals surface area contributed by atoms with Crippen molar-refractivity contribution in [1.82, 2.24) is 0 Å². The molecule has 0 aliphatic heterocycles. The van der Waals surface area contributed by atoms with Crippen LogP contribution in [0.1, 0.15) is 5.56 Å². The van der Waals surface area contributed by atoms with E-state index in [9.17, 15) is 0 Å². The molecule has 0 aliphatic carbocycles. The number of aliphatic hydroxyl groups excluding tert-OH is 1.